The maximum absolute atomic E-state index is 12.8. The predicted molar refractivity (Wildman–Crippen MR) is 90.0 cm³/mol. The number of carbonyl (C=O) groups is 2. The molecule has 6 heteroatoms. The van der Waals surface area contributed by atoms with E-state index in [4.69, 9.17) is 5.73 Å². The molecule has 5 nitrogen and oxygen atoms in total. The van der Waals surface area contributed by atoms with Gasteiger partial charge in [0.15, 0.2) is 0 Å². The van der Waals surface area contributed by atoms with Gasteiger partial charge in [0.1, 0.15) is 9.88 Å². The third kappa shape index (κ3) is 3.27. The van der Waals surface area contributed by atoms with Crippen molar-refractivity contribution in [1.29, 1.82) is 0 Å². The minimum absolute atomic E-state index is 0.0665. The molecule has 0 radical (unpaired) electrons. The summed E-state index contributed by atoms with van der Waals surface area (Å²) in [5, 5.41) is 0.824. The number of aromatic nitrogens is 1. The Morgan fingerprint density at radius 2 is 2.00 bits per heavy atom. The molecule has 2 heterocycles. The summed E-state index contributed by atoms with van der Waals surface area (Å²) in [7, 11) is 0. The SMILES string of the molecule is C[C@@H]1CC[C@@H](C(N)=O)CN1C(=O)c1cnc(-c2ccccc2)s1. The van der Waals surface area contributed by atoms with Crippen molar-refractivity contribution in [2.75, 3.05) is 6.54 Å². The molecule has 0 bridgehead atoms. The van der Waals surface area contributed by atoms with Crippen molar-refractivity contribution in [3.05, 3.63) is 41.4 Å². The first-order valence-corrected chi connectivity index (χ1v) is 8.49. The van der Waals surface area contributed by atoms with Gasteiger partial charge >= 0.3 is 0 Å². The van der Waals surface area contributed by atoms with Gasteiger partial charge in [0.05, 0.1) is 12.1 Å². The van der Waals surface area contributed by atoms with E-state index in [0.29, 0.717) is 11.4 Å². The number of benzene rings is 1. The van der Waals surface area contributed by atoms with Crippen LogP contribution >= 0.6 is 11.3 Å². The highest BCUT2D eigenvalue weighted by molar-refractivity contribution is 7.16. The number of carbonyl (C=O) groups excluding carboxylic acids is 2. The minimum atomic E-state index is -0.330. The standard InChI is InChI=1S/C17H19N3O2S/c1-11-7-8-13(15(18)21)10-20(11)17(22)14-9-19-16(23-14)12-5-3-2-4-6-12/h2-6,9,11,13H,7-8,10H2,1H3,(H2,18,21)/t11-,13-/m1/s1. The van der Waals surface area contributed by atoms with Crippen LogP contribution in [0.1, 0.15) is 29.4 Å². The van der Waals surface area contributed by atoms with E-state index < -0.39 is 0 Å². The zero-order valence-electron chi connectivity index (χ0n) is 12.9. The fourth-order valence-corrected chi connectivity index (χ4v) is 3.73. The van der Waals surface area contributed by atoms with Crippen molar-refractivity contribution in [3.63, 3.8) is 0 Å². The van der Waals surface area contributed by atoms with Crippen molar-refractivity contribution in [1.82, 2.24) is 9.88 Å². The second kappa shape index (κ2) is 6.50. The molecule has 1 aromatic carbocycles. The normalized spacial score (nSPS) is 21.2. The molecule has 3 rings (SSSR count). The van der Waals surface area contributed by atoms with Crippen LogP contribution in [0.25, 0.3) is 10.6 Å². The molecule has 0 aliphatic carbocycles. The zero-order valence-corrected chi connectivity index (χ0v) is 13.8. The van der Waals surface area contributed by atoms with E-state index >= 15 is 0 Å². The first-order valence-electron chi connectivity index (χ1n) is 7.68. The molecular weight excluding hydrogens is 310 g/mol. The van der Waals surface area contributed by atoms with Crippen LogP contribution in [0.4, 0.5) is 0 Å². The Kier molecular flexibility index (Phi) is 4.43. The number of rotatable bonds is 3. The molecular formula is C17H19N3O2S. The number of nitrogens with zero attached hydrogens (tertiary/aromatic N) is 2. The molecule has 2 atom stereocenters. The van der Waals surface area contributed by atoms with E-state index in [1.165, 1.54) is 11.3 Å². The molecule has 1 fully saturated rings. The number of nitrogens with two attached hydrogens (primary N) is 1. The molecule has 0 saturated carbocycles. The highest BCUT2D eigenvalue weighted by atomic mass is 32.1. The molecule has 2 aromatic rings. The lowest BCUT2D eigenvalue weighted by atomic mass is 9.93. The number of likely N-dealkylation sites (tertiary alicyclic amines) is 1. The van der Waals surface area contributed by atoms with Crippen LogP contribution in [0.5, 0.6) is 0 Å². The van der Waals surface area contributed by atoms with Crippen LogP contribution in [0.15, 0.2) is 36.5 Å². The second-order valence-corrected chi connectivity index (χ2v) is 6.91. The van der Waals surface area contributed by atoms with Crippen molar-refractivity contribution < 1.29 is 9.59 Å². The van der Waals surface area contributed by atoms with Crippen LogP contribution in [0, 0.1) is 5.92 Å². The molecule has 120 valence electrons. The van der Waals surface area contributed by atoms with E-state index in [1.54, 1.807) is 11.1 Å². The largest absolute Gasteiger partial charge is 0.369 e. The lowest BCUT2D eigenvalue weighted by Gasteiger charge is -2.36. The van der Waals surface area contributed by atoms with Crippen molar-refractivity contribution >= 4 is 23.2 Å². The molecule has 2 amide bonds. The highest BCUT2D eigenvalue weighted by Crippen LogP contribution is 2.28. The average molecular weight is 329 g/mol. The Morgan fingerprint density at radius 3 is 2.70 bits per heavy atom. The van der Waals surface area contributed by atoms with Crippen LogP contribution < -0.4 is 5.73 Å². The predicted octanol–water partition coefficient (Wildman–Crippen LogP) is 2.54. The van der Waals surface area contributed by atoms with Crippen molar-refractivity contribution in [3.8, 4) is 10.6 Å². The summed E-state index contributed by atoms with van der Waals surface area (Å²) in [5.41, 5.74) is 6.41. The van der Waals surface area contributed by atoms with Crippen LogP contribution in [-0.4, -0.2) is 34.3 Å². The summed E-state index contributed by atoms with van der Waals surface area (Å²) in [6, 6.07) is 9.90. The van der Waals surface area contributed by atoms with Gasteiger partial charge in [-0.05, 0) is 19.8 Å². The number of piperidine rings is 1. The third-order valence-electron chi connectivity index (χ3n) is 4.28. The fourth-order valence-electron chi connectivity index (χ4n) is 2.85. The van der Waals surface area contributed by atoms with E-state index in [2.05, 4.69) is 4.98 Å². The fraction of sp³-hybridized carbons (Fsp3) is 0.353. The van der Waals surface area contributed by atoms with E-state index in [9.17, 15) is 9.59 Å². The summed E-state index contributed by atoms with van der Waals surface area (Å²) in [4.78, 5) is 30.9. The first-order chi connectivity index (χ1) is 11.1. The molecule has 0 unspecified atom stereocenters. The maximum Gasteiger partial charge on any atom is 0.265 e. The first kappa shape index (κ1) is 15.7. The van der Waals surface area contributed by atoms with Gasteiger partial charge in [0.25, 0.3) is 5.91 Å². The van der Waals surface area contributed by atoms with Crippen molar-refractivity contribution in [2.45, 2.75) is 25.8 Å². The topological polar surface area (TPSA) is 76.3 Å². The van der Waals surface area contributed by atoms with E-state index in [-0.39, 0.29) is 23.8 Å². The van der Waals surface area contributed by atoms with Gasteiger partial charge in [0, 0.05) is 18.2 Å². The number of hydrogen-bond donors (Lipinski definition) is 1. The third-order valence-corrected chi connectivity index (χ3v) is 5.32. The molecule has 2 N–H and O–H groups in total. The minimum Gasteiger partial charge on any atom is -0.369 e. The average Bonchev–Trinajstić information content (AvgIpc) is 3.05. The summed E-state index contributed by atoms with van der Waals surface area (Å²) >= 11 is 1.38. The Hall–Kier alpha value is -2.21. The zero-order chi connectivity index (χ0) is 16.4. The maximum atomic E-state index is 12.8. The Labute approximate surface area is 139 Å². The lowest BCUT2D eigenvalue weighted by Crippen LogP contribution is -2.48. The molecule has 1 saturated heterocycles. The van der Waals surface area contributed by atoms with Gasteiger partial charge in [-0.15, -0.1) is 11.3 Å². The van der Waals surface area contributed by atoms with Gasteiger partial charge in [0.2, 0.25) is 5.91 Å². The van der Waals surface area contributed by atoms with Gasteiger partial charge in [-0.1, -0.05) is 30.3 Å². The Morgan fingerprint density at radius 1 is 1.26 bits per heavy atom. The van der Waals surface area contributed by atoms with E-state index in [1.807, 2.05) is 37.3 Å². The molecule has 0 spiro atoms. The summed E-state index contributed by atoms with van der Waals surface area (Å²) in [5.74, 6) is -0.649. The van der Waals surface area contributed by atoms with Gasteiger partial charge < -0.3 is 10.6 Å². The molecule has 1 aliphatic rings. The van der Waals surface area contributed by atoms with Crippen LogP contribution in [-0.2, 0) is 4.79 Å². The number of primary amides is 1. The Bertz CT molecular complexity index is 714. The monoisotopic (exact) mass is 329 g/mol. The molecule has 23 heavy (non-hydrogen) atoms. The van der Waals surface area contributed by atoms with E-state index in [0.717, 1.165) is 23.4 Å². The van der Waals surface area contributed by atoms with Crippen LogP contribution in [0.2, 0.25) is 0 Å². The number of hydrogen-bond acceptors (Lipinski definition) is 4. The second-order valence-electron chi connectivity index (χ2n) is 5.88. The highest BCUT2D eigenvalue weighted by Gasteiger charge is 2.32. The lowest BCUT2D eigenvalue weighted by molar-refractivity contribution is -0.123. The van der Waals surface area contributed by atoms with Gasteiger partial charge in [-0.2, -0.15) is 0 Å². The quantitative estimate of drug-likeness (QED) is 0.940. The van der Waals surface area contributed by atoms with Crippen LogP contribution in [0.3, 0.4) is 0 Å². The smallest absolute Gasteiger partial charge is 0.265 e. The summed E-state index contributed by atoms with van der Waals surface area (Å²) in [6.45, 7) is 2.40. The Balaban J connectivity index is 1.80. The number of thiazole rings is 1. The van der Waals surface area contributed by atoms with Gasteiger partial charge in [-0.25, -0.2) is 4.98 Å². The van der Waals surface area contributed by atoms with Crippen molar-refractivity contribution in [2.24, 2.45) is 11.7 Å². The molecule has 1 aromatic heterocycles. The summed E-state index contributed by atoms with van der Waals surface area (Å²) < 4.78 is 0. The number of amides is 2. The van der Waals surface area contributed by atoms with Gasteiger partial charge in [-0.3, -0.25) is 9.59 Å². The summed E-state index contributed by atoms with van der Waals surface area (Å²) in [6.07, 6.45) is 3.16. The molecule has 1 aliphatic heterocycles.